The SMILES string of the molecule is CNC1CCN(Cc2cccc(OC)c2F)C1. The fourth-order valence-corrected chi connectivity index (χ4v) is 2.29. The lowest BCUT2D eigenvalue weighted by Gasteiger charge is -2.17. The maximum atomic E-state index is 13.9. The van der Waals surface area contributed by atoms with E-state index in [1.54, 1.807) is 6.07 Å². The van der Waals surface area contributed by atoms with Crippen LogP contribution in [0.3, 0.4) is 0 Å². The molecular formula is C13H19FN2O. The minimum Gasteiger partial charge on any atom is -0.494 e. The minimum absolute atomic E-state index is 0.233. The molecule has 0 spiro atoms. The number of nitrogens with one attached hydrogen (secondary N) is 1. The zero-order chi connectivity index (χ0) is 12.3. The van der Waals surface area contributed by atoms with Crippen LogP contribution in [0.25, 0.3) is 0 Å². The van der Waals surface area contributed by atoms with Crippen molar-refractivity contribution >= 4 is 0 Å². The Labute approximate surface area is 102 Å². The molecule has 0 bridgehead atoms. The van der Waals surface area contributed by atoms with Crippen molar-refractivity contribution in [1.82, 2.24) is 10.2 Å². The average molecular weight is 238 g/mol. The van der Waals surface area contributed by atoms with Crippen LogP contribution in [-0.4, -0.2) is 38.2 Å². The number of hydrogen-bond acceptors (Lipinski definition) is 3. The van der Waals surface area contributed by atoms with E-state index in [4.69, 9.17) is 4.74 Å². The summed E-state index contributed by atoms with van der Waals surface area (Å²) in [6.45, 7) is 2.65. The number of likely N-dealkylation sites (tertiary alicyclic amines) is 1. The van der Waals surface area contributed by atoms with Crippen LogP contribution in [-0.2, 0) is 6.54 Å². The summed E-state index contributed by atoms with van der Waals surface area (Å²) in [4.78, 5) is 2.26. The second-order valence-corrected chi connectivity index (χ2v) is 4.44. The summed E-state index contributed by atoms with van der Waals surface area (Å²) in [5.41, 5.74) is 0.709. The molecule has 3 nitrogen and oxygen atoms in total. The van der Waals surface area contributed by atoms with E-state index in [9.17, 15) is 4.39 Å². The van der Waals surface area contributed by atoms with E-state index in [1.165, 1.54) is 7.11 Å². The third-order valence-electron chi connectivity index (χ3n) is 3.34. The van der Waals surface area contributed by atoms with Gasteiger partial charge in [-0.1, -0.05) is 12.1 Å². The van der Waals surface area contributed by atoms with Crippen LogP contribution in [0.15, 0.2) is 18.2 Å². The Balaban J connectivity index is 2.04. The smallest absolute Gasteiger partial charge is 0.169 e. The summed E-state index contributed by atoms with van der Waals surface area (Å²) in [6, 6.07) is 5.84. The Bertz CT molecular complexity index is 384. The van der Waals surface area contributed by atoms with Gasteiger partial charge in [-0.2, -0.15) is 0 Å². The highest BCUT2D eigenvalue weighted by molar-refractivity contribution is 5.31. The van der Waals surface area contributed by atoms with E-state index in [2.05, 4.69) is 10.2 Å². The molecule has 0 aliphatic carbocycles. The van der Waals surface area contributed by atoms with Crippen LogP contribution in [0.4, 0.5) is 4.39 Å². The maximum Gasteiger partial charge on any atom is 0.169 e. The number of benzene rings is 1. The second kappa shape index (κ2) is 5.47. The molecule has 1 aliphatic heterocycles. The molecule has 4 heteroatoms. The van der Waals surface area contributed by atoms with Crippen molar-refractivity contribution in [3.05, 3.63) is 29.6 Å². The number of halogens is 1. The molecule has 1 N–H and O–H groups in total. The molecule has 1 saturated heterocycles. The molecule has 0 aromatic heterocycles. The van der Waals surface area contributed by atoms with Crippen LogP contribution >= 0.6 is 0 Å². The second-order valence-electron chi connectivity index (χ2n) is 4.44. The number of nitrogens with zero attached hydrogens (tertiary/aromatic N) is 1. The lowest BCUT2D eigenvalue weighted by Crippen LogP contribution is -2.29. The zero-order valence-corrected chi connectivity index (χ0v) is 10.4. The Hall–Kier alpha value is -1.13. The van der Waals surface area contributed by atoms with Gasteiger partial charge >= 0.3 is 0 Å². The lowest BCUT2D eigenvalue weighted by molar-refractivity contribution is 0.312. The van der Waals surface area contributed by atoms with Crippen LogP contribution in [0.1, 0.15) is 12.0 Å². The molecule has 94 valence electrons. The minimum atomic E-state index is -0.233. The lowest BCUT2D eigenvalue weighted by atomic mass is 10.2. The first kappa shape index (κ1) is 12.3. The van der Waals surface area contributed by atoms with Gasteiger partial charge in [-0.05, 0) is 19.5 Å². The monoisotopic (exact) mass is 238 g/mol. The predicted molar refractivity (Wildman–Crippen MR) is 65.7 cm³/mol. The first-order chi connectivity index (χ1) is 8.24. The van der Waals surface area contributed by atoms with Gasteiger partial charge in [-0.25, -0.2) is 4.39 Å². The van der Waals surface area contributed by atoms with Crippen molar-refractivity contribution in [3.8, 4) is 5.75 Å². The van der Waals surface area contributed by atoms with Crippen molar-refractivity contribution in [2.24, 2.45) is 0 Å². The number of hydrogen-bond donors (Lipinski definition) is 1. The van der Waals surface area contributed by atoms with Crippen molar-refractivity contribution in [3.63, 3.8) is 0 Å². The molecule has 1 unspecified atom stereocenters. The Kier molecular flexibility index (Phi) is 3.97. The van der Waals surface area contributed by atoms with Crippen molar-refractivity contribution < 1.29 is 9.13 Å². The zero-order valence-electron chi connectivity index (χ0n) is 10.4. The largest absolute Gasteiger partial charge is 0.494 e. The summed E-state index contributed by atoms with van der Waals surface area (Å²) in [7, 11) is 3.47. The molecule has 0 amide bonds. The molecule has 2 rings (SSSR count). The van der Waals surface area contributed by atoms with E-state index in [1.807, 2.05) is 19.2 Å². The van der Waals surface area contributed by atoms with Crippen LogP contribution in [0.2, 0.25) is 0 Å². The molecule has 1 aliphatic rings. The first-order valence-corrected chi connectivity index (χ1v) is 5.95. The molecule has 1 fully saturated rings. The topological polar surface area (TPSA) is 24.5 Å². The molecule has 1 aromatic carbocycles. The van der Waals surface area contributed by atoms with Crippen molar-refractivity contribution in [1.29, 1.82) is 0 Å². The summed E-state index contributed by atoms with van der Waals surface area (Å²) in [6.07, 6.45) is 1.13. The van der Waals surface area contributed by atoms with Gasteiger partial charge < -0.3 is 10.1 Å². The average Bonchev–Trinajstić information content (AvgIpc) is 2.79. The van der Waals surface area contributed by atoms with Gasteiger partial charge in [0.25, 0.3) is 0 Å². The molecule has 1 heterocycles. The number of ether oxygens (including phenoxy) is 1. The van der Waals surface area contributed by atoms with Gasteiger partial charge in [0.15, 0.2) is 11.6 Å². The van der Waals surface area contributed by atoms with Gasteiger partial charge in [0.05, 0.1) is 7.11 Å². The predicted octanol–water partition coefficient (Wildman–Crippen LogP) is 1.63. The number of likely N-dealkylation sites (N-methyl/N-ethyl adjacent to an activating group) is 1. The quantitative estimate of drug-likeness (QED) is 0.863. The fourth-order valence-electron chi connectivity index (χ4n) is 2.29. The highest BCUT2D eigenvalue weighted by atomic mass is 19.1. The highest BCUT2D eigenvalue weighted by Crippen LogP contribution is 2.22. The molecule has 0 radical (unpaired) electrons. The van der Waals surface area contributed by atoms with Gasteiger partial charge in [0.2, 0.25) is 0 Å². The Morgan fingerprint density at radius 1 is 1.53 bits per heavy atom. The Morgan fingerprint density at radius 2 is 2.35 bits per heavy atom. The van der Waals surface area contributed by atoms with E-state index >= 15 is 0 Å². The molecule has 17 heavy (non-hydrogen) atoms. The molecule has 1 aromatic rings. The molecule has 0 saturated carbocycles. The number of methoxy groups -OCH3 is 1. The molecular weight excluding hydrogens is 219 g/mol. The fraction of sp³-hybridized carbons (Fsp3) is 0.538. The van der Waals surface area contributed by atoms with E-state index in [0.29, 0.717) is 23.9 Å². The van der Waals surface area contributed by atoms with Gasteiger partial charge in [0, 0.05) is 31.2 Å². The summed E-state index contributed by atoms with van der Waals surface area (Å²) < 4.78 is 18.9. The van der Waals surface area contributed by atoms with Crippen LogP contribution < -0.4 is 10.1 Å². The Morgan fingerprint density at radius 3 is 3.00 bits per heavy atom. The van der Waals surface area contributed by atoms with Crippen molar-refractivity contribution in [2.75, 3.05) is 27.2 Å². The maximum absolute atomic E-state index is 13.9. The van der Waals surface area contributed by atoms with E-state index < -0.39 is 0 Å². The standard InChI is InChI=1S/C13H19FN2O/c1-15-11-6-7-16(9-11)8-10-4-3-5-12(17-2)13(10)14/h3-5,11,15H,6-9H2,1-2H3. The summed E-state index contributed by atoms with van der Waals surface area (Å²) >= 11 is 0. The van der Waals surface area contributed by atoms with Gasteiger partial charge in [-0.15, -0.1) is 0 Å². The molecule has 1 atom stereocenters. The first-order valence-electron chi connectivity index (χ1n) is 5.95. The van der Waals surface area contributed by atoms with Gasteiger partial charge in [-0.3, -0.25) is 4.90 Å². The number of rotatable bonds is 4. The van der Waals surface area contributed by atoms with Crippen molar-refractivity contribution in [2.45, 2.75) is 19.0 Å². The van der Waals surface area contributed by atoms with E-state index in [0.717, 1.165) is 19.5 Å². The highest BCUT2D eigenvalue weighted by Gasteiger charge is 2.22. The van der Waals surface area contributed by atoms with Crippen LogP contribution in [0.5, 0.6) is 5.75 Å². The third kappa shape index (κ3) is 2.76. The van der Waals surface area contributed by atoms with Crippen LogP contribution in [0, 0.1) is 5.82 Å². The summed E-state index contributed by atoms with van der Waals surface area (Å²) in [5, 5.41) is 3.26. The summed E-state index contributed by atoms with van der Waals surface area (Å²) in [5.74, 6) is 0.0924. The third-order valence-corrected chi connectivity index (χ3v) is 3.34. The van der Waals surface area contributed by atoms with E-state index in [-0.39, 0.29) is 5.82 Å². The normalized spacial score (nSPS) is 20.8. The van der Waals surface area contributed by atoms with Gasteiger partial charge in [0.1, 0.15) is 0 Å².